The zero-order valence-electron chi connectivity index (χ0n) is 17.1. The highest BCUT2D eigenvalue weighted by Gasteiger charge is 2.31. The number of piperidine rings is 1. The van der Waals surface area contributed by atoms with Crippen molar-refractivity contribution in [1.29, 1.82) is 5.26 Å². The molecule has 2 aliphatic rings. The Morgan fingerprint density at radius 3 is 2.41 bits per heavy atom. The fourth-order valence-electron chi connectivity index (χ4n) is 4.43. The molecule has 4 rings (SSSR count). The van der Waals surface area contributed by atoms with E-state index >= 15 is 0 Å². The summed E-state index contributed by atoms with van der Waals surface area (Å²) >= 11 is 0. The van der Waals surface area contributed by atoms with Crippen LogP contribution in [0.5, 0.6) is 0 Å². The lowest BCUT2D eigenvalue weighted by molar-refractivity contribution is -0.122. The highest BCUT2D eigenvalue weighted by atomic mass is 16.2. The number of nitrogens with one attached hydrogen (secondary N) is 1. The summed E-state index contributed by atoms with van der Waals surface area (Å²) in [5, 5.41) is 13.0. The van der Waals surface area contributed by atoms with Crippen LogP contribution in [0.2, 0.25) is 0 Å². The fourth-order valence-corrected chi connectivity index (χ4v) is 4.43. The Morgan fingerprint density at radius 1 is 1.10 bits per heavy atom. The summed E-state index contributed by atoms with van der Waals surface area (Å²) < 4.78 is 0. The minimum Gasteiger partial charge on any atom is -0.355 e. The lowest BCUT2D eigenvalue weighted by Crippen LogP contribution is -2.40. The summed E-state index contributed by atoms with van der Waals surface area (Å²) in [4.78, 5) is 24.9. The van der Waals surface area contributed by atoms with Gasteiger partial charge in [0, 0.05) is 19.1 Å². The molecule has 2 aromatic rings. The van der Waals surface area contributed by atoms with E-state index in [4.69, 9.17) is 9.97 Å². The summed E-state index contributed by atoms with van der Waals surface area (Å²) in [7, 11) is 0. The van der Waals surface area contributed by atoms with Crippen molar-refractivity contribution in [1.82, 2.24) is 15.3 Å². The van der Waals surface area contributed by atoms with Crippen LogP contribution in [0.1, 0.15) is 63.5 Å². The molecule has 2 fully saturated rings. The van der Waals surface area contributed by atoms with Gasteiger partial charge in [0.05, 0.1) is 17.1 Å². The zero-order valence-corrected chi connectivity index (χ0v) is 17.1. The molecule has 1 aliphatic heterocycles. The molecule has 152 valence electrons. The van der Waals surface area contributed by atoms with Crippen molar-refractivity contribution in [2.45, 2.75) is 63.8 Å². The number of anilines is 1. The smallest absolute Gasteiger partial charge is 0.243 e. The van der Waals surface area contributed by atoms with Gasteiger partial charge in [-0.1, -0.05) is 38.3 Å². The predicted octanol–water partition coefficient (Wildman–Crippen LogP) is 3.92. The first kappa shape index (κ1) is 19.6. The molecule has 6 heteroatoms. The SMILES string of the molecule is CC1CCN(c2nc3ccccc3nc2[C@@H](C#N)C(=O)NC2CCCCC2)CC1. The molecule has 0 spiro atoms. The Kier molecular flexibility index (Phi) is 5.94. The number of carbonyl (C=O) groups is 1. The van der Waals surface area contributed by atoms with Crippen molar-refractivity contribution in [3.8, 4) is 6.07 Å². The highest BCUT2D eigenvalue weighted by molar-refractivity contribution is 5.89. The molecule has 0 unspecified atom stereocenters. The van der Waals surface area contributed by atoms with Gasteiger partial charge in [-0.2, -0.15) is 5.26 Å². The van der Waals surface area contributed by atoms with Crippen LogP contribution in [0, 0.1) is 17.2 Å². The molecule has 1 saturated heterocycles. The molecular weight excluding hydrogens is 362 g/mol. The van der Waals surface area contributed by atoms with E-state index in [1.165, 1.54) is 6.42 Å². The third kappa shape index (κ3) is 4.34. The van der Waals surface area contributed by atoms with Gasteiger partial charge in [0.2, 0.25) is 5.91 Å². The molecular formula is C23H29N5O. The Hall–Kier alpha value is -2.68. The van der Waals surface area contributed by atoms with Gasteiger partial charge in [-0.3, -0.25) is 4.79 Å². The number of fused-ring (bicyclic) bond motifs is 1. The average molecular weight is 392 g/mol. The largest absolute Gasteiger partial charge is 0.355 e. The van der Waals surface area contributed by atoms with E-state index in [0.717, 1.165) is 62.6 Å². The zero-order chi connectivity index (χ0) is 20.2. The van der Waals surface area contributed by atoms with Gasteiger partial charge in [0.15, 0.2) is 11.7 Å². The molecule has 1 amide bonds. The first-order valence-electron chi connectivity index (χ1n) is 10.9. The lowest BCUT2D eigenvalue weighted by Gasteiger charge is -2.33. The van der Waals surface area contributed by atoms with Gasteiger partial charge in [0.1, 0.15) is 5.69 Å². The van der Waals surface area contributed by atoms with Crippen molar-refractivity contribution in [3.63, 3.8) is 0 Å². The van der Waals surface area contributed by atoms with Gasteiger partial charge in [0.25, 0.3) is 0 Å². The number of amides is 1. The summed E-state index contributed by atoms with van der Waals surface area (Å²) in [6, 6.07) is 10.1. The van der Waals surface area contributed by atoms with Gasteiger partial charge >= 0.3 is 0 Å². The van der Waals surface area contributed by atoms with E-state index in [1.54, 1.807) is 0 Å². The number of aromatic nitrogens is 2. The molecule has 1 N–H and O–H groups in total. The van der Waals surface area contributed by atoms with Gasteiger partial charge in [-0.05, 0) is 43.7 Å². The number of benzene rings is 1. The van der Waals surface area contributed by atoms with Crippen LogP contribution in [-0.4, -0.2) is 35.0 Å². The number of hydrogen-bond acceptors (Lipinski definition) is 5. The Balaban J connectivity index is 1.68. The maximum Gasteiger partial charge on any atom is 0.243 e. The summed E-state index contributed by atoms with van der Waals surface area (Å²) in [6.45, 7) is 4.02. The van der Waals surface area contributed by atoms with E-state index in [2.05, 4.69) is 23.2 Å². The maximum absolute atomic E-state index is 13.0. The summed E-state index contributed by atoms with van der Waals surface area (Å²) in [6.07, 6.45) is 7.64. The predicted molar refractivity (Wildman–Crippen MR) is 114 cm³/mol. The van der Waals surface area contributed by atoms with Crippen molar-refractivity contribution >= 4 is 22.8 Å². The van der Waals surface area contributed by atoms with Crippen molar-refractivity contribution < 1.29 is 4.79 Å². The van der Waals surface area contributed by atoms with Crippen LogP contribution in [0.15, 0.2) is 24.3 Å². The van der Waals surface area contributed by atoms with Crippen LogP contribution >= 0.6 is 0 Å². The molecule has 2 heterocycles. The molecule has 6 nitrogen and oxygen atoms in total. The lowest BCUT2D eigenvalue weighted by atomic mass is 9.94. The Bertz CT molecular complexity index is 907. The van der Waals surface area contributed by atoms with Gasteiger partial charge in [-0.15, -0.1) is 0 Å². The van der Waals surface area contributed by atoms with Crippen LogP contribution in [-0.2, 0) is 4.79 Å². The normalized spacial score (nSPS) is 19.7. The molecule has 0 bridgehead atoms. The number of para-hydroxylation sites is 2. The first-order chi connectivity index (χ1) is 14.2. The highest BCUT2D eigenvalue weighted by Crippen LogP contribution is 2.30. The molecule has 1 saturated carbocycles. The topological polar surface area (TPSA) is 81.9 Å². The van der Waals surface area contributed by atoms with E-state index in [0.29, 0.717) is 17.4 Å². The van der Waals surface area contributed by atoms with E-state index in [1.807, 2.05) is 24.3 Å². The third-order valence-electron chi connectivity index (χ3n) is 6.28. The second-order valence-corrected chi connectivity index (χ2v) is 8.50. The summed E-state index contributed by atoms with van der Waals surface area (Å²) in [5.41, 5.74) is 2.02. The first-order valence-corrected chi connectivity index (χ1v) is 10.9. The molecule has 0 radical (unpaired) electrons. The minimum absolute atomic E-state index is 0.166. The molecule has 1 aromatic carbocycles. The van der Waals surface area contributed by atoms with Crippen molar-refractivity contribution in [2.75, 3.05) is 18.0 Å². The van der Waals surface area contributed by atoms with Crippen LogP contribution < -0.4 is 10.2 Å². The van der Waals surface area contributed by atoms with Crippen molar-refractivity contribution in [3.05, 3.63) is 30.0 Å². The van der Waals surface area contributed by atoms with Crippen LogP contribution in [0.3, 0.4) is 0 Å². The van der Waals surface area contributed by atoms with Crippen LogP contribution in [0.25, 0.3) is 11.0 Å². The molecule has 29 heavy (non-hydrogen) atoms. The van der Waals surface area contributed by atoms with Crippen molar-refractivity contribution in [2.24, 2.45) is 5.92 Å². The van der Waals surface area contributed by atoms with Gasteiger partial charge < -0.3 is 10.2 Å². The fraction of sp³-hybridized carbons (Fsp3) is 0.565. The van der Waals surface area contributed by atoms with Crippen LogP contribution in [0.4, 0.5) is 5.82 Å². The minimum atomic E-state index is -0.941. The molecule has 1 atom stereocenters. The quantitative estimate of drug-likeness (QED) is 0.854. The monoisotopic (exact) mass is 391 g/mol. The number of nitrogens with zero attached hydrogens (tertiary/aromatic N) is 4. The maximum atomic E-state index is 13.0. The number of carbonyl (C=O) groups excluding carboxylic acids is 1. The summed E-state index contributed by atoms with van der Waals surface area (Å²) in [5.74, 6) is 0.199. The standard InChI is InChI=1S/C23H29N5O/c1-16-11-13-28(14-12-16)22-21(26-19-9-5-6-10-20(19)27-22)18(15-24)23(29)25-17-7-3-2-4-8-17/h5-6,9-10,16-18H,2-4,7-8,11-14H2,1H3,(H,25,29)/t18-/m1/s1. The molecule has 1 aromatic heterocycles. The number of hydrogen-bond donors (Lipinski definition) is 1. The number of rotatable bonds is 4. The average Bonchev–Trinajstić information content (AvgIpc) is 2.75. The van der Waals surface area contributed by atoms with Gasteiger partial charge in [-0.25, -0.2) is 9.97 Å². The third-order valence-corrected chi connectivity index (χ3v) is 6.28. The Morgan fingerprint density at radius 2 is 1.76 bits per heavy atom. The Labute approximate surface area is 172 Å². The second kappa shape index (κ2) is 8.77. The number of nitriles is 1. The van der Waals surface area contributed by atoms with E-state index in [-0.39, 0.29) is 11.9 Å². The molecule has 1 aliphatic carbocycles. The van der Waals surface area contributed by atoms with E-state index < -0.39 is 5.92 Å². The second-order valence-electron chi connectivity index (χ2n) is 8.50. The van der Waals surface area contributed by atoms with E-state index in [9.17, 15) is 10.1 Å².